The highest BCUT2D eigenvalue weighted by Gasteiger charge is 2.49. The molecule has 1 aliphatic carbocycles. The van der Waals surface area contributed by atoms with Crippen molar-refractivity contribution in [2.24, 2.45) is 35.5 Å². The summed E-state index contributed by atoms with van der Waals surface area (Å²) in [4.78, 5) is 51.8. The van der Waals surface area contributed by atoms with Crippen LogP contribution in [0, 0.1) is 49.4 Å². The van der Waals surface area contributed by atoms with Crippen LogP contribution < -0.4 is 26.6 Å². The molecule has 8 bridgehead atoms. The summed E-state index contributed by atoms with van der Waals surface area (Å²) >= 11 is 0. The molecule has 0 spiro atoms. The van der Waals surface area contributed by atoms with Gasteiger partial charge >= 0.3 is 11.9 Å². The number of H-pyrrole nitrogens is 3. The Morgan fingerprint density at radius 1 is 0.889 bits per heavy atom. The molecule has 5 N–H and O–H groups in total. The van der Waals surface area contributed by atoms with E-state index >= 15 is 0 Å². The zero-order chi connectivity index (χ0) is 45.5. The van der Waals surface area contributed by atoms with Gasteiger partial charge in [-0.2, -0.15) is 0 Å². The average Bonchev–Trinajstić information content (AvgIpc) is 4.01. The SMILES string of the molecule is C=Cc1c2[nH]c(c1C)/C=C1/NC(C3=c4[nH]/c(c(C)c4C(=O)[C@@H]3C(=O)OC)=C\c3cc(=C\O)/c([nH]3)=C/2)[C@@H](CCC(=O)OC/C=C(\C)CCC[C@H](C)CCC[C@H](C)CCCC(C)C)[C@@H]1C. The van der Waals surface area contributed by atoms with Gasteiger partial charge < -0.3 is 34.8 Å². The second-order valence-corrected chi connectivity index (χ2v) is 19.2. The van der Waals surface area contributed by atoms with E-state index in [1.807, 2.05) is 44.2 Å². The van der Waals surface area contributed by atoms with E-state index in [4.69, 9.17) is 9.47 Å². The third-order valence-corrected chi connectivity index (χ3v) is 14.1. The number of aliphatic hydroxyl groups is 1. The summed E-state index contributed by atoms with van der Waals surface area (Å²) in [6, 6.07) is 1.37. The maximum atomic E-state index is 14.3. The van der Waals surface area contributed by atoms with Crippen LogP contribution in [0.25, 0.3) is 36.1 Å². The van der Waals surface area contributed by atoms with Gasteiger partial charge in [-0.25, -0.2) is 0 Å². The number of allylic oxidation sites excluding steroid dienone is 2. The first-order chi connectivity index (χ1) is 30.1. The van der Waals surface area contributed by atoms with E-state index in [2.05, 4.69) is 74.5 Å². The van der Waals surface area contributed by atoms with E-state index in [1.54, 1.807) is 0 Å². The van der Waals surface area contributed by atoms with Gasteiger partial charge in [0.25, 0.3) is 0 Å². The fourth-order valence-electron chi connectivity index (χ4n) is 10.1. The van der Waals surface area contributed by atoms with E-state index in [0.717, 1.165) is 59.2 Å². The summed E-state index contributed by atoms with van der Waals surface area (Å²) in [6.07, 6.45) is 22.8. The lowest BCUT2D eigenvalue weighted by Gasteiger charge is -2.25. The second-order valence-electron chi connectivity index (χ2n) is 19.2. The Labute approximate surface area is 373 Å². The minimum atomic E-state index is -1.14. The van der Waals surface area contributed by atoms with Gasteiger partial charge in [-0.1, -0.05) is 97.8 Å². The molecule has 340 valence electrons. The summed E-state index contributed by atoms with van der Waals surface area (Å²) in [6.45, 7) is 21.9. The Balaban J connectivity index is 1.19. The Hall–Kier alpha value is -5.25. The Kier molecular flexibility index (Phi) is 15.7. The highest BCUT2D eigenvalue weighted by Crippen LogP contribution is 2.42. The molecule has 10 nitrogen and oxygen atoms in total. The molecule has 1 saturated heterocycles. The number of carbonyl (C=O) groups excluding carboxylic acids is 3. The van der Waals surface area contributed by atoms with Crippen molar-refractivity contribution in [3.05, 3.63) is 90.6 Å². The summed E-state index contributed by atoms with van der Waals surface area (Å²) in [5.41, 5.74) is 8.26. The highest BCUT2D eigenvalue weighted by molar-refractivity contribution is 6.19. The van der Waals surface area contributed by atoms with Crippen molar-refractivity contribution in [1.29, 1.82) is 0 Å². The van der Waals surface area contributed by atoms with E-state index in [0.29, 0.717) is 56.0 Å². The minimum absolute atomic E-state index is 0.0865. The number of nitrogens with one attached hydrogen (secondary N) is 4. The third kappa shape index (κ3) is 10.8. The number of esters is 2. The predicted molar refractivity (Wildman–Crippen MR) is 254 cm³/mol. The fraction of sp³-hybridized carbons (Fsp3) is 0.528. The normalized spacial score (nSPS) is 22.5. The standard InChI is InChI=1S/C53H72N4O6/c1-11-39-34(7)42-27-43-35(8)40(21-22-46(59)63-24-23-33(6)20-14-19-32(5)18-13-17-31(4)16-12-15-30(2)3)50(56-43)48-49(53(61)62-10)52(60)47-36(9)41(57-51(47)48)26-38-25-37(29-58)44(54-38)28-45(39)55-42/h11,23,25-32,35,40,49-50,54-58H,1,12-22,24H2,2-10H3/b33-23+,37-29+,41-26-,43-27+,44-28-/t31-,32-,35+,40+,49-,50?/m1/s1. The molecule has 0 amide bonds. The fourth-order valence-corrected chi connectivity index (χ4v) is 10.1. The van der Waals surface area contributed by atoms with Crippen LogP contribution in [0.1, 0.15) is 156 Å². The molecular weight excluding hydrogens is 789 g/mol. The highest BCUT2D eigenvalue weighted by atomic mass is 16.5. The second kappa shape index (κ2) is 21.0. The lowest BCUT2D eigenvalue weighted by atomic mass is 9.80. The van der Waals surface area contributed by atoms with Crippen LogP contribution in [0.15, 0.2) is 30.0 Å². The van der Waals surface area contributed by atoms with Gasteiger partial charge in [-0.15, -0.1) is 0 Å². The van der Waals surface area contributed by atoms with Gasteiger partial charge in [0.05, 0.1) is 30.1 Å². The number of rotatable bonds is 19. The van der Waals surface area contributed by atoms with E-state index in [1.165, 1.54) is 57.6 Å². The van der Waals surface area contributed by atoms with Crippen molar-refractivity contribution in [3.8, 4) is 0 Å². The first kappa shape index (κ1) is 47.2. The number of fused-ring (bicyclic) bond motifs is 8. The molecule has 5 heterocycles. The molecule has 1 fully saturated rings. The van der Waals surface area contributed by atoms with Crippen LogP contribution in [0.2, 0.25) is 0 Å². The molecule has 2 aliphatic heterocycles. The van der Waals surface area contributed by atoms with Gasteiger partial charge in [-0.05, 0) is 111 Å². The largest absolute Gasteiger partial charge is 0.515 e. The number of aromatic nitrogens is 3. The zero-order valence-corrected chi connectivity index (χ0v) is 39.3. The summed E-state index contributed by atoms with van der Waals surface area (Å²) in [5.74, 6) is -0.279. The summed E-state index contributed by atoms with van der Waals surface area (Å²) in [5, 5.41) is 16.5. The maximum Gasteiger partial charge on any atom is 0.320 e. The Morgan fingerprint density at radius 2 is 1.59 bits per heavy atom. The number of methoxy groups -OCH3 is 1. The molecule has 3 aliphatic rings. The molecule has 3 aromatic rings. The van der Waals surface area contributed by atoms with Gasteiger partial charge in [0.15, 0.2) is 5.78 Å². The van der Waals surface area contributed by atoms with Crippen molar-refractivity contribution in [2.45, 2.75) is 132 Å². The molecule has 0 radical (unpaired) electrons. The van der Waals surface area contributed by atoms with Crippen LogP contribution in [-0.4, -0.2) is 57.5 Å². The topological polar surface area (TPSA) is 149 Å². The predicted octanol–water partition coefficient (Wildman–Crippen LogP) is 8.31. The third-order valence-electron chi connectivity index (χ3n) is 14.1. The van der Waals surface area contributed by atoms with Gasteiger partial charge in [0, 0.05) is 56.8 Å². The quantitative estimate of drug-likeness (QED) is 0.0463. The molecule has 6 rings (SSSR count). The maximum absolute atomic E-state index is 14.3. The Morgan fingerprint density at radius 3 is 2.25 bits per heavy atom. The number of Topliss-reactive ketones (excluding diaryl/α,β-unsaturated/α-hetero) is 1. The van der Waals surface area contributed by atoms with Gasteiger partial charge in [0.1, 0.15) is 12.5 Å². The number of ketones is 1. The summed E-state index contributed by atoms with van der Waals surface area (Å²) in [7, 11) is 1.31. The van der Waals surface area contributed by atoms with Crippen molar-refractivity contribution in [2.75, 3.05) is 13.7 Å². The Bertz CT molecular complexity index is 2490. The van der Waals surface area contributed by atoms with Crippen molar-refractivity contribution < 1.29 is 29.0 Å². The zero-order valence-electron chi connectivity index (χ0n) is 39.3. The molecule has 6 atom stereocenters. The molecule has 0 aromatic carbocycles. The first-order valence-electron chi connectivity index (χ1n) is 23.4. The number of ether oxygens (including phenoxy) is 2. The molecule has 3 aromatic heterocycles. The lowest BCUT2D eigenvalue weighted by molar-refractivity contribution is -0.143. The number of aliphatic hydroxyl groups excluding tert-OH is 1. The van der Waals surface area contributed by atoms with Crippen LogP contribution in [0.5, 0.6) is 0 Å². The molecule has 0 saturated carbocycles. The minimum Gasteiger partial charge on any atom is -0.515 e. The number of hydrogen-bond donors (Lipinski definition) is 5. The van der Waals surface area contributed by atoms with Crippen LogP contribution in [-0.2, 0) is 19.1 Å². The smallest absolute Gasteiger partial charge is 0.320 e. The number of hydrogen-bond acceptors (Lipinski definition) is 7. The molecule has 10 heteroatoms. The number of aromatic amines is 3. The van der Waals surface area contributed by atoms with Gasteiger partial charge in [-0.3, -0.25) is 14.4 Å². The van der Waals surface area contributed by atoms with Crippen LogP contribution in [0.3, 0.4) is 0 Å². The van der Waals surface area contributed by atoms with E-state index in [9.17, 15) is 19.5 Å². The van der Waals surface area contributed by atoms with E-state index < -0.39 is 17.9 Å². The first-order valence-corrected chi connectivity index (χ1v) is 23.4. The van der Waals surface area contributed by atoms with E-state index in [-0.39, 0.29) is 36.6 Å². The lowest BCUT2D eigenvalue weighted by Crippen LogP contribution is -2.38. The van der Waals surface area contributed by atoms with Gasteiger partial charge in [0.2, 0.25) is 0 Å². The average molecular weight is 861 g/mol. The van der Waals surface area contributed by atoms with Crippen LogP contribution >= 0.6 is 0 Å². The molecule has 1 unspecified atom stereocenters. The monoisotopic (exact) mass is 861 g/mol. The number of carbonyl (C=O) groups is 3. The van der Waals surface area contributed by atoms with Crippen LogP contribution in [0.4, 0.5) is 0 Å². The molecular formula is C53H72N4O6. The molecule has 63 heavy (non-hydrogen) atoms. The van der Waals surface area contributed by atoms with Crippen molar-refractivity contribution in [3.63, 3.8) is 0 Å². The van der Waals surface area contributed by atoms with Crippen molar-refractivity contribution >= 4 is 53.9 Å². The van der Waals surface area contributed by atoms with Crippen molar-refractivity contribution in [1.82, 2.24) is 20.3 Å². The summed E-state index contributed by atoms with van der Waals surface area (Å²) < 4.78 is 11.1.